The van der Waals surface area contributed by atoms with Crippen LogP contribution in [0.3, 0.4) is 0 Å². The van der Waals surface area contributed by atoms with E-state index in [2.05, 4.69) is 32.4 Å². The van der Waals surface area contributed by atoms with Gasteiger partial charge in [0, 0.05) is 24.5 Å². The lowest BCUT2D eigenvalue weighted by Gasteiger charge is -2.30. The van der Waals surface area contributed by atoms with Crippen LogP contribution in [-0.2, 0) is 15.4 Å². The number of carbonyl (C=O) groups excluding carboxylic acids is 1. The van der Waals surface area contributed by atoms with Crippen molar-refractivity contribution in [2.45, 2.75) is 55.7 Å². The van der Waals surface area contributed by atoms with Gasteiger partial charge in [0.2, 0.25) is 10.0 Å². The zero-order valence-electron chi connectivity index (χ0n) is 20.8. The zero-order valence-corrected chi connectivity index (χ0v) is 22.4. The number of nitrogens with one attached hydrogen (secondary N) is 1. The average molecular weight is 505 g/mol. The number of para-hydroxylation sites is 1. The molecule has 1 aliphatic rings. The van der Waals surface area contributed by atoms with E-state index in [9.17, 15) is 13.2 Å². The molecule has 34 heavy (non-hydrogen) atoms. The van der Waals surface area contributed by atoms with Crippen LogP contribution in [0.25, 0.3) is 0 Å². The van der Waals surface area contributed by atoms with Crippen LogP contribution >= 0.6 is 11.8 Å². The Kier molecular flexibility index (Phi) is 8.71. The molecular weight excluding hydrogens is 468 g/mol. The molecule has 1 amide bonds. The number of nitrogens with zero attached hydrogens (tertiary/aromatic N) is 1. The van der Waals surface area contributed by atoms with E-state index >= 15 is 0 Å². The Balaban J connectivity index is 1.68. The van der Waals surface area contributed by atoms with Crippen LogP contribution in [0.2, 0.25) is 0 Å². The summed E-state index contributed by atoms with van der Waals surface area (Å²) in [7, 11) is -3.78. The molecule has 0 unspecified atom stereocenters. The van der Waals surface area contributed by atoms with Crippen molar-refractivity contribution in [1.82, 2.24) is 9.62 Å². The van der Waals surface area contributed by atoms with Gasteiger partial charge in [-0.25, -0.2) is 13.1 Å². The molecule has 0 aromatic heterocycles. The third-order valence-electron chi connectivity index (χ3n) is 6.13. The van der Waals surface area contributed by atoms with Gasteiger partial charge in [0.1, 0.15) is 12.4 Å². The quantitative estimate of drug-likeness (QED) is 0.407. The summed E-state index contributed by atoms with van der Waals surface area (Å²) in [4.78, 5) is 15.9. The van der Waals surface area contributed by atoms with Gasteiger partial charge in [-0.3, -0.25) is 4.79 Å². The molecule has 0 bridgehead atoms. The largest absolute Gasteiger partial charge is 0.492 e. The zero-order chi connectivity index (χ0) is 24.9. The molecule has 0 atom stereocenters. The Morgan fingerprint density at radius 3 is 2.47 bits per heavy atom. The maximum Gasteiger partial charge on any atom is 0.255 e. The summed E-state index contributed by atoms with van der Waals surface area (Å²) in [5.74, 6) is 1.26. The summed E-state index contributed by atoms with van der Waals surface area (Å²) < 4.78 is 34.4. The van der Waals surface area contributed by atoms with E-state index in [0.717, 1.165) is 29.1 Å². The molecule has 8 heteroatoms. The van der Waals surface area contributed by atoms with E-state index in [4.69, 9.17) is 4.74 Å². The molecule has 6 nitrogen and oxygen atoms in total. The molecule has 0 radical (unpaired) electrons. The Morgan fingerprint density at radius 1 is 1.15 bits per heavy atom. The fourth-order valence-electron chi connectivity index (χ4n) is 4.04. The van der Waals surface area contributed by atoms with Gasteiger partial charge in [0.25, 0.3) is 5.91 Å². The van der Waals surface area contributed by atoms with Crippen molar-refractivity contribution >= 4 is 27.7 Å². The van der Waals surface area contributed by atoms with Crippen LogP contribution in [-0.4, -0.2) is 51.7 Å². The van der Waals surface area contributed by atoms with E-state index in [1.807, 2.05) is 35.4 Å². The Morgan fingerprint density at radius 2 is 1.82 bits per heavy atom. The molecule has 0 saturated carbocycles. The second kappa shape index (κ2) is 11.1. The highest BCUT2D eigenvalue weighted by atomic mass is 32.2. The first-order valence-electron chi connectivity index (χ1n) is 11.7. The first-order valence-corrected chi connectivity index (χ1v) is 14.4. The molecule has 1 heterocycles. The Bertz CT molecular complexity index is 1100. The van der Waals surface area contributed by atoms with Gasteiger partial charge in [0.15, 0.2) is 0 Å². The number of ether oxygens (including phenoxy) is 1. The number of amides is 1. The van der Waals surface area contributed by atoms with E-state index < -0.39 is 10.0 Å². The summed E-state index contributed by atoms with van der Waals surface area (Å²) in [6.07, 6.45) is 3.83. The van der Waals surface area contributed by atoms with Crippen molar-refractivity contribution in [3.63, 3.8) is 0 Å². The second-order valence-electron chi connectivity index (χ2n) is 9.83. The van der Waals surface area contributed by atoms with Crippen LogP contribution < -0.4 is 9.46 Å². The normalized spacial score (nSPS) is 15.4. The number of hydrogen-bond donors (Lipinski definition) is 1. The molecule has 2 aromatic carbocycles. The van der Waals surface area contributed by atoms with Crippen LogP contribution in [0.5, 0.6) is 5.75 Å². The van der Waals surface area contributed by atoms with Crippen molar-refractivity contribution in [1.29, 1.82) is 0 Å². The minimum atomic E-state index is -3.78. The Hall–Kier alpha value is -2.03. The molecule has 2 aromatic rings. The fourth-order valence-corrected chi connectivity index (χ4v) is 5.65. The highest BCUT2D eigenvalue weighted by Gasteiger charge is 2.25. The smallest absolute Gasteiger partial charge is 0.255 e. The van der Waals surface area contributed by atoms with Crippen molar-refractivity contribution < 1.29 is 17.9 Å². The number of hydrogen-bond acceptors (Lipinski definition) is 5. The number of benzene rings is 2. The number of thioether (sulfide) groups is 1. The van der Waals surface area contributed by atoms with E-state index in [0.29, 0.717) is 24.6 Å². The molecular formula is C26H36N2O4S2. The molecule has 1 aliphatic heterocycles. The van der Waals surface area contributed by atoms with Crippen LogP contribution in [0.15, 0.2) is 52.3 Å². The second-order valence-corrected chi connectivity index (χ2v) is 12.4. The number of carbonyl (C=O) groups is 1. The van der Waals surface area contributed by atoms with E-state index in [1.54, 1.807) is 12.1 Å². The first kappa shape index (κ1) is 26.6. The first-order chi connectivity index (χ1) is 16.0. The maximum absolute atomic E-state index is 13.2. The summed E-state index contributed by atoms with van der Waals surface area (Å²) in [5, 5.41) is 0. The lowest BCUT2D eigenvalue weighted by Crippen LogP contribution is -2.38. The standard InChI is InChI=1S/C26H36N2O4S2/c1-19-12-15-28(16-13-19)25(29)21-18-20(10-11-24(21)33-5)34(30,31)27-14-17-32-23-9-7-6-8-22(23)26(2,3)4/h6-11,18-19,27H,12-17H2,1-5H3. The summed E-state index contributed by atoms with van der Waals surface area (Å²) >= 11 is 1.45. The van der Waals surface area contributed by atoms with Crippen LogP contribution in [0.1, 0.15) is 56.5 Å². The molecule has 1 saturated heterocycles. The Labute approximate surface area is 208 Å². The lowest BCUT2D eigenvalue weighted by molar-refractivity contribution is 0.0693. The molecule has 0 aliphatic carbocycles. The number of likely N-dealkylation sites (tertiary alicyclic amines) is 1. The van der Waals surface area contributed by atoms with E-state index in [1.165, 1.54) is 17.8 Å². The van der Waals surface area contributed by atoms with Crippen molar-refractivity contribution in [3.05, 3.63) is 53.6 Å². The predicted molar refractivity (Wildman–Crippen MR) is 138 cm³/mol. The minimum Gasteiger partial charge on any atom is -0.492 e. The molecule has 1 N–H and O–H groups in total. The highest BCUT2D eigenvalue weighted by molar-refractivity contribution is 7.98. The molecule has 186 valence electrons. The molecule has 0 spiro atoms. The summed E-state index contributed by atoms with van der Waals surface area (Å²) in [6, 6.07) is 12.6. The van der Waals surface area contributed by atoms with Gasteiger partial charge in [-0.1, -0.05) is 45.9 Å². The van der Waals surface area contributed by atoms with Gasteiger partial charge in [-0.15, -0.1) is 11.8 Å². The minimum absolute atomic E-state index is 0.0789. The van der Waals surface area contributed by atoms with Gasteiger partial charge in [-0.2, -0.15) is 0 Å². The van der Waals surface area contributed by atoms with Gasteiger partial charge in [-0.05, 0) is 60.3 Å². The number of sulfonamides is 1. The summed E-state index contributed by atoms with van der Waals surface area (Å²) in [6.45, 7) is 10.3. The van der Waals surface area contributed by atoms with Crippen LogP contribution in [0, 0.1) is 5.92 Å². The van der Waals surface area contributed by atoms with Gasteiger partial charge >= 0.3 is 0 Å². The molecule has 3 rings (SSSR count). The molecule has 1 fully saturated rings. The third-order valence-corrected chi connectivity index (χ3v) is 8.38. The monoisotopic (exact) mass is 504 g/mol. The highest BCUT2D eigenvalue weighted by Crippen LogP contribution is 2.31. The summed E-state index contributed by atoms with van der Waals surface area (Å²) in [5.41, 5.74) is 1.44. The number of piperidine rings is 1. The third kappa shape index (κ3) is 6.55. The van der Waals surface area contributed by atoms with Crippen molar-refractivity contribution in [3.8, 4) is 5.75 Å². The lowest BCUT2D eigenvalue weighted by atomic mass is 9.86. The van der Waals surface area contributed by atoms with Crippen molar-refractivity contribution in [2.24, 2.45) is 5.92 Å². The fraction of sp³-hybridized carbons (Fsp3) is 0.500. The van der Waals surface area contributed by atoms with Gasteiger partial charge in [0.05, 0.1) is 10.5 Å². The topological polar surface area (TPSA) is 75.7 Å². The van der Waals surface area contributed by atoms with Crippen LogP contribution in [0.4, 0.5) is 0 Å². The number of rotatable bonds is 8. The van der Waals surface area contributed by atoms with E-state index in [-0.39, 0.29) is 29.4 Å². The SMILES string of the molecule is CSc1ccc(S(=O)(=O)NCCOc2ccccc2C(C)(C)C)cc1C(=O)N1CCC(C)CC1. The van der Waals surface area contributed by atoms with Gasteiger partial charge < -0.3 is 9.64 Å². The maximum atomic E-state index is 13.2. The van der Waals surface area contributed by atoms with Crippen molar-refractivity contribution in [2.75, 3.05) is 32.5 Å². The average Bonchev–Trinajstić information content (AvgIpc) is 2.81. The predicted octanol–water partition coefficient (Wildman–Crippen LogP) is 4.94.